The molecule has 0 atom stereocenters. The molecule has 9 heteroatoms. The van der Waals surface area contributed by atoms with Crippen molar-refractivity contribution in [3.8, 4) is 0 Å². The molecular weight excluding hydrogens is 441 g/mol. The maximum absolute atomic E-state index is 12.9. The number of para-hydroxylation sites is 1. The fourth-order valence-corrected chi connectivity index (χ4v) is 4.17. The molecule has 1 aliphatic rings. The summed E-state index contributed by atoms with van der Waals surface area (Å²) in [7, 11) is 0. The average Bonchev–Trinajstić information content (AvgIpc) is 2.94. The minimum atomic E-state index is -4.48. The third-order valence-electron chi connectivity index (χ3n) is 5.60. The molecule has 1 fully saturated rings. The summed E-state index contributed by atoms with van der Waals surface area (Å²) in [5.41, 5.74) is 2.12. The number of aromatic nitrogens is 1. The molecule has 1 amide bonds. The number of nitrogens with zero attached hydrogens (tertiary/aromatic N) is 3. The lowest BCUT2D eigenvalue weighted by Crippen LogP contribution is -2.36. The van der Waals surface area contributed by atoms with Gasteiger partial charge in [-0.2, -0.15) is 13.2 Å². The number of carbonyl (C=O) groups excluding carboxylic acids is 1. The van der Waals surface area contributed by atoms with E-state index in [-0.39, 0.29) is 23.4 Å². The van der Waals surface area contributed by atoms with E-state index < -0.39 is 11.7 Å². The van der Waals surface area contributed by atoms with Crippen LogP contribution in [0.3, 0.4) is 0 Å². The Kier molecular flexibility index (Phi) is 7.67. The predicted octanol–water partition coefficient (Wildman–Crippen LogP) is 5.34. The number of nitrogens with one attached hydrogen (secondary N) is 1. The second-order valence-corrected chi connectivity index (χ2v) is 8.79. The second-order valence-electron chi connectivity index (χ2n) is 8.39. The molecule has 174 valence electrons. The minimum absolute atomic E-state index is 0.0215. The molecule has 2 heterocycles. The number of hydrogen-bond acceptors (Lipinski definition) is 4. The van der Waals surface area contributed by atoms with Crippen molar-refractivity contribution < 1.29 is 18.0 Å². The van der Waals surface area contributed by atoms with Crippen LogP contribution in [0.4, 0.5) is 24.7 Å². The number of aryl methyl sites for hydroxylation is 1. The second kappa shape index (κ2) is 10.1. The first-order valence-corrected chi connectivity index (χ1v) is 11.0. The Morgan fingerprint density at radius 1 is 1.22 bits per heavy atom. The summed E-state index contributed by atoms with van der Waals surface area (Å²) in [6.07, 6.45) is -2.93. The maximum Gasteiger partial charge on any atom is 0.417 e. The van der Waals surface area contributed by atoms with Gasteiger partial charge in [0.05, 0.1) is 17.1 Å². The summed E-state index contributed by atoms with van der Waals surface area (Å²) in [6, 6.07) is 6.91. The van der Waals surface area contributed by atoms with E-state index in [1.54, 1.807) is 0 Å². The molecule has 1 saturated heterocycles. The molecule has 0 aliphatic carbocycles. The molecule has 1 aromatic carbocycles. The van der Waals surface area contributed by atoms with Crippen LogP contribution in [0.15, 0.2) is 30.5 Å². The summed E-state index contributed by atoms with van der Waals surface area (Å²) < 4.78 is 38.6. The molecule has 0 bridgehead atoms. The van der Waals surface area contributed by atoms with E-state index in [9.17, 15) is 18.0 Å². The summed E-state index contributed by atoms with van der Waals surface area (Å²) >= 11 is 6.11. The monoisotopic (exact) mass is 468 g/mol. The highest BCUT2D eigenvalue weighted by atomic mass is 35.5. The largest absolute Gasteiger partial charge is 0.417 e. The van der Waals surface area contributed by atoms with Crippen molar-refractivity contribution in [2.45, 2.75) is 39.3 Å². The van der Waals surface area contributed by atoms with E-state index in [1.807, 2.05) is 34.9 Å². The summed E-state index contributed by atoms with van der Waals surface area (Å²) in [4.78, 5) is 20.6. The fourth-order valence-electron chi connectivity index (χ4n) is 3.88. The van der Waals surface area contributed by atoms with Crippen LogP contribution < -0.4 is 10.2 Å². The highest BCUT2D eigenvalue weighted by Crippen LogP contribution is 2.34. The fraction of sp³-hybridized carbons (Fsp3) is 0.478. The van der Waals surface area contributed by atoms with Crippen molar-refractivity contribution in [2.24, 2.45) is 0 Å². The first-order valence-electron chi connectivity index (χ1n) is 10.7. The number of amides is 1. The summed E-state index contributed by atoms with van der Waals surface area (Å²) in [6.45, 7) is 8.81. The van der Waals surface area contributed by atoms with Crippen LogP contribution in [0.2, 0.25) is 5.02 Å². The van der Waals surface area contributed by atoms with Gasteiger partial charge in [-0.3, -0.25) is 9.69 Å². The Morgan fingerprint density at radius 3 is 2.62 bits per heavy atom. The van der Waals surface area contributed by atoms with Gasteiger partial charge < -0.3 is 10.2 Å². The molecule has 0 saturated carbocycles. The van der Waals surface area contributed by atoms with Gasteiger partial charge in [-0.05, 0) is 36.5 Å². The van der Waals surface area contributed by atoms with E-state index in [0.717, 1.165) is 35.5 Å². The zero-order valence-electron chi connectivity index (χ0n) is 18.5. The van der Waals surface area contributed by atoms with Gasteiger partial charge >= 0.3 is 6.18 Å². The van der Waals surface area contributed by atoms with Crippen molar-refractivity contribution in [1.29, 1.82) is 0 Å². The van der Waals surface area contributed by atoms with E-state index >= 15 is 0 Å². The zero-order valence-corrected chi connectivity index (χ0v) is 19.2. The van der Waals surface area contributed by atoms with Gasteiger partial charge in [0.15, 0.2) is 0 Å². The first kappa shape index (κ1) is 24.3. The lowest BCUT2D eigenvalue weighted by molar-refractivity contribution is -0.137. The number of pyridine rings is 1. The van der Waals surface area contributed by atoms with E-state index in [2.05, 4.69) is 24.1 Å². The molecule has 1 aliphatic heterocycles. The lowest BCUT2D eigenvalue weighted by atomic mass is 9.98. The van der Waals surface area contributed by atoms with Crippen molar-refractivity contribution in [2.75, 3.05) is 42.9 Å². The summed E-state index contributed by atoms with van der Waals surface area (Å²) in [5, 5.41) is 3.04. The Labute approximate surface area is 191 Å². The Morgan fingerprint density at radius 2 is 1.97 bits per heavy atom. The third kappa shape index (κ3) is 5.92. The predicted molar refractivity (Wildman–Crippen MR) is 121 cm³/mol. The standard InChI is InChI=1S/C23H28ClF3N4O/c1-15(2)18-7-4-6-16(3)21(18)29-20(32)14-30-8-5-9-31(11-10-30)22-19(24)12-17(13-28-22)23(25,26)27/h4,6-7,12-13,15H,5,8-11,14H2,1-3H3,(H,29,32). The normalized spacial score (nSPS) is 15.7. The molecule has 32 heavy (non-hydrogen) atoms. The quantitative estimate of drug-likeness (QED) is 0.643. The minimum Gasteiger partial charge on any atom is -0.354 e. The van der Waals surface area contributed by atoms with Gasteiger partial charge in [-0.1, -0.05) is 43.6 Å². The number of carbonyl (C=O) groups is 1. The molecule has 1 N–H and O–H groups in total. The topological polar surface area (TPSA) is 48.5 Å². The van der Waals surface area contributed by atoms with Crippen LogP contribution in [0.1, 0.15) is 42.9 Å². The molecule has 1 aromatic heterocycles. The third-order valence-corrected chi connectivity index (χ3v) is 5.87. The van der Waals surface area contributed by atoms with Crippen LogP contribution >= 0.6 is 11.6 Å². The van der Waals surface area contributed by atoms with Gasteiger partial charge in [0, 0.05) is 38.1 Å². The van der Waals surface area contributed by atoms with Crippen molar-refractivity contribution in [3.63, 3.8) is 0 Å². The number of alkyl halides is 3. The van der Waals surface area contributed by atoms with Crippen LogP contribution in [-0.2, 0) is 11.0 Å². The van der Waals surface area contributed by atoms with Gasteiger partial charge in [0.25, 0.3) is 0 Å². The number of hydrogen-bond donors (Lipinski definition) is 1. The number of halogens is 4. The SMILES string of the molecule is Cc1cccc(C(C)C)c1NC(=O)CN1CCCN(c2ncc(C(F)(F)F)cc2Cl)CC1. The molecular formula is C23H28ClF3N4O. The Bertz CT molecular complexity index is 965. The molecule has 5 nitrogen and oxygen atoms in total. The van der Waals surface area contributed by atoms with Gasteiger partial charge in [-0.25, -0.2) is 4.98 Å². The molecule has 0 unspecified atom stereocenters. The van der Waals surface area contributed by atoms with Gasteiger partial charge in [0.2, 0.25) is 5.91 Å². The van der Waals surface area contributed by atoms with E-state index in [0.29, 0.717) is 32.0 Å². The van der Waals surface area contributed by atoms with Crippen molar-refractivity contribution in [3.05, 3.63) is 52.2 Å². The van der Waals surface area contributed by atoms with Crippen molar-refractivity contribution in [1.82, 2.24) is 9.88 Å². The Hall–Kier alpha value is -2.32. The highest BCUT2D eigenvalue weighted by Gasteiger charge is 2.32. The van der Waals surface area contributed by atoms with Crippen LogP contribution in [-0.4, -0.2) is 48.5 Å². The maximum atomic E-state index is 12.9. The van der Waals surface area contributed by atoms with Gasteiger partial charge in [0.1, 0.15) is 5.82 Å². The number of rotatable bonds is 5. The lowest BCUT2D eigenvalue weighted by Gasteiger charge is -2.24. The van der Waals surface area contributed by atoms with Crippen LogP contribution in [0.25, 0.3) is 0 Å². The van der Waals surface area contributed by atoms with E-state index in [4.69, 9.17) is 11.6 Å². The Balaban J connectivity index is 1.62. The van der Waals surface area contributed by atoms with Crippen LogP contribution in [0, 0.1) is 6.92 Å². The highest BCUT2D eigenvalue weighted by molar-refractivity contribution is 6.33. The first-order chi connectivity index (χ1) is 15.1. The number of benzene rings is 1. The van der Waals surface area contributed by atoms with Crippen LogP contribution in [0.5, 0.6) is 0 Å². The van der Waals surface area contributed by atoms with Gasteiger partial charge in [-0.15, -0.1) is 0 Å². The smallest absolute Gasteiger partial charge is 0.354 e. The summed E-state index contributed by atoms with van der Waals surface area (Å²) in [5.74, 6) is 0.547. The molecule has 0 spiro atoms. The average molecular weight is 469 g/mol. The van der Waals surface area contributed by atoms with E-state index in [1.165, 1.54) is 0 Å². The van der Waals surface area contributed by atoms with Crippen molar-refractivity contribution >= 4 is 29.0 Å². The number of anilines is 2. The zero-order chi connectivity index (χ0) is 23.5. The molecule has 0 radical (unpaired) electrons. The molecule has 3 rings (SSSR count). The molecule has 2 aromatic rings.